The summed E-state index contributed by atoms with van der Waals surface area (Å²) in [4.78, 5) is 36.1. The number of nitrogens with zero attached hydrogens (tertiary/aromatic N) is 1. The fourth-order valence-corrected chi connectivity index (χ4v) is 3.27. The maximum absolute atomic E-state index is 12.5. The molecular formula is C18H19NO4. The van der Waals surface area contributed by atoms with Crippen molar-refractivity contribution in [1.29, 1.82) is 0 Å². The molecule has 3 rings (SSSR count). The number of benzene rings is 1. The number of Topliss-reactive ketones (excluding diaryl/α,β-unsaturated/α-hetero) is 1. The molecule has 1 aromatic heterocycles. The topological polar surface area (TPSA) is 65.4 Å². The van der Waals surface area contributed by atoms with Crippen molar-refractivity contribution in [2.75, 3.05) is 7.11 Å². The molecule has 0 aliphatic heterocycles. The molecule has 1 heterocycles. The lowest BCUT2D eigenvalue weighted by Gasteiger charge is -2.08. The summed E-state index contributed by atoms with van der Waals surface area (Å²) in [5.41, 5.74) is 1.07. The molecule has 5 heteroatoms. The second kappa shape index (κ2) is 6.36. The Morgan fingerprint density at radius 3 is 2.78 bits per heavy atom. The van der Waals surface area contributed by atoms with Gasteiger partial charge in [0, 0.05) is 30.3 Å². The highest BCUT2D eigenvalue weighted by molar-refractivity contribution is 6.07. The molecule has 0 N–H and O–H groups in total. The Bertz CT molecular complexity index is 774. The molecule has 0 radical (unpaired) electrons. The maximum Gasteiger partial charge on any atom is 0.340 e. The fourth-order valence-electron chi connectivity index (χ4n) is 3.27. The Morgan fingerprint density at radius 1 is 1.30 bits per heavy atom. The molecule has 0 amide bonds. The van der Waals surface area contributed by atoms with Gasteiger partial charge in [0.05, 0.1) is 18.2 Å². The zero-order valence-electron chi connectivity index (χ0n) is 13.1. The van der Waals surface area contributed by atoms with Crippen LogP contribution in [0.2, 0.25) is 0 Å². The van der Waals surface area contributed by atoms with E-state index in [0.717, 1.165) is 12.8 Å². The van der Waals surface area contributed by atoms with Gasteiger partial charge in [-0.3, -0.25) is 14.2 Å². The number of esters is 1. The largest absolute Gasteiger partial charge is 0.465 e. The number of carbonyl (C=O) groups excluding carboxylic acids is 3. The quantitative estimate of drug-likeness (QED) is 0.813. The average Bonchev–Trinajstić information content (AvgIpc) is 3.15. The van der Waals surface area contributed by atoms with Crippen molar-refractivity contribution in [2.45, 2.75) is 32.1 Å². The molecule has 1 aliphatic carbocycles. The molecule has 1 saturated carbocycles. The number of methoxy groups -OCH3 is 1. The van der Waals surface area contributed by atoms with Crippen LogP contribution in [0.15, 0.2) is 30.5 Å². The van der Waals surface area contributed by atoms with Crippen LogP contribution < -0.4 is 0 Å². The number of hydrogen-bond acceptors (Lipinski definition) is 4. The van der Waals surface area contributed by atoms with Crippen molar-refractivity contribution >= 4 is 28.6 Å². The van der Waals surface area contributed by atoms with E-state index in [1.807, 2.05) is 12.1 Å². The summed E-state index contributed by atoms with van der Waals surface area (Å²) in [6.45, 7) is 0. The molecule has 5 nitrogen and oxygen atoms in total. The van der Waals surface area contributed by atoms with E-state index < -0.39 is 5.97 Å². The summed E-state index contributed by atoms with van der Waals surface area (Å²) in [5.74, 6) is -0.277. The molecule has 0 saturated heterocycles. The predicted molar refractivity (Wildman–Crippen MR) is 85.5 cm³/mol. The third-order valence-electron chi connectivity index (χ3n) is 4.52. The molecule has 1 atom stereocenters. The van der Waals surface area contributed by atoms with Gasteiger partial charge in [-0.25, -0.2) is 4.79 Å². The Balaban J connectivity index is 1.85. The highest BCUT2D eigenvalue weighted by Gasteiger charge is 2.25. The van der Waals surface area contributed by atoms with Crippen LogP contribution in [0, 0.1) is 5.92 Å². The smallest absolute Gasteiger partial charge is 0.340 e. The molecule has 0 spiro atoms. The Kier molecular flexibility index (Phi) is 4.28. The van der Waals surface area contributed by atoms with Crippen LogP contribution >= 0.6 is 0 Å². The van der Waals surface area contributed by atoms with Gasteiger partial charge >= 0.3 is 5.97 Å². The van der Waals surface area contributed by atoms with E-state index in [1.165, 1.54) is 17.9 Å². The molecule has 1 unspecified atom stereocenters. The number of ketones is 1. The van der Waals surface area contributed by atoms with Gasteiger partial charge < -0.3 is 4.74 Å². The van der Waals surface area contributed by atoms with Crippen LogP contribution in [-0.4, -0.2) is 29.3 Å². The van der Waals surface area contributed by atoms with Gasteiger partial charge in [0.25, 0.3) is 0 Å². The molecule has 23 heavy (non-hydrogen) atoms. The van der Waals surface area contributed by atoms with E-state index in [1.54, 1.807) is 12.1 Å². The second-order valence-corrected chi connectivity index (χ2v) is 5.91. The zero-order chi connectivity index (χ0) is 16.4. The van der Waals surface area contributed by atoms with Crippen LogP contribution in [-0.2, 0) is 9.53 Å². The molecule has 2 aromatic rings. The van der Waals surface area contributed by atoms with Gasteiger partial charge in [-0.15, -0.1) is 0 Å². The molecule has 1 aliphatic rings. The highest BCUT2D eigenvalue weighted by Crippen LogP contribution is 2.27. The van der Waals surface area contributed by atoms with E-state index in [2.05, 4.69) is 0 Å². The first-order valence-electron chi connectivity index (χ1n) is 7.86. The molecule has 1 fully saturated rings. The van der Waals surface area contributed by atoms with Gasteiger partial charge in [0.2, 0.25) is 5.91 Å². The first kappa shape index (κ1) is 15.5. The van der Waals surface area contributed by atoms with E-state index in [4.69, 9.17) is 4.74 Å². The van der Waals surface area contributed by atoms with Gasteiger partial charge in [0.15, 0.2) is 0 Å². The van der Waals surface area contributed by atoms with Crippen LogP contribution in [0.25, 0.3) is 10.9 Å². The summed E-state index contributed by atoms with van der Waals surface area (Å²) in [7, 11) is 1.32. The summed E-state index contributed by atoms with van der Waals surface area (Å²) >= 11 is 0. The Labute approximate surface area is 134 Å². The number of fused-ring (bicyclic) bond motifs is 1. The summed E-state index contributed by atoms with van der Waals surface area (Å²) < 4.78 is 6.29. The lowest BCUT2D eigenvalue weighted by Crippen LogP contribution is -2.14. The van der Waals surface area contributed by atoms with Gasteiger partial charge in [-0.1, -0.05) is 18.2 Å². The highest BCUT2D eigenvalue weighted by atomic mass is 16.5. The standard InChI is InChI=1S/C18H19NO4/c1-23-18(22)14-11-19(15-7-3-2-6-13(14)15)17(21)10-9-12-5-4-8-16(12)20/h2-3,6-7,11-12H,4-5,8-10H2,1H3. The van der Waals surface area contributed by atoms with Crippen molar-refractivity contribution in [3.05, 3.63) is 36.0 Å². The number of aromatic nitrogens is 1. The van der Waals surface area contributed by atoms with Crippen LogP contribution in [0.3, 0.4) is 0 Å². The minimum atomic E-state index is -0.460. The van der Waals surface area contributed by atoms with Gasteiger partial charge in [0.1, 0.15) is 5.78 Å². The maximum atomic E-state index is 12.5. The van der Waals surface area contributed by atoms with Crippen LogP contribution in [0.1, 0.15) is 47.3 Å². The minimum absolute atomic E-state index is 0.0147. The number of ether oxygens (including phenoxy) is 1. The van der Waals surface area contributed by atoms with Crippen molar-refractivity contribution < 1.29 is 19.1 Å². The predicted octanol–water partition coefficient (Wildman–Crippen LogP) is 3.22. The first-order chi connectivity index (χ1) is 11.1. The van der Waals surface area contributed by atoms with Crippen molar-refractivity contribution in [1.82, 2.24) is 4.57 Å². The Morgan fingerprint density at radius 2 is 2.09 bits per heavy atom. The second-order valence-electron chi connectivity index (χ2n) is 5.91. The van der Waals surface area contributed by atoms with E-state index in [-0.39, 0.29) is 17.6 Å². The van der Waals surface area contributed by atoms with Crippen molar-refractivity contribution in [2.24, 2.45) is 5.92 Å². The number of para-hydroxylation sites is 1. The molecule has 1 aromatic carbocycles. The van der Waals surface area contributed by atoms with E-state index in [9.17, 15) is 14.4 Å². The number of rotatable bonds is 4. The summed E-state index contributed by atoms with van der Waals surface area (Å²) in [6, 6.07) is 7.25. The summed E-state index contributed by atoms with van der Waals surface area (Å²) in [6.07, 6.45) is 4.86. The molecule has 0 bridgehead atoms. The van der Waals surface area contributed by atoms with E-state index >= 15 is 0 Å². The monoisotopic (exact) mass is 313 g/mol. The number of carbonyl (C=O) groups is 3. The fraction of sp³-hybridized carbons (Fsp3) is 0.389. The summed E-state index contributed by atoms with van der Waals surface area (Å²) in [5, 5.41) is 0.699. The third kappa shape index (κ3) is 2.91. The lowest BCUT2D eigenvalue weighted by atomic mass is 10.0. The third-order valence-corrected chi connectivity index (χ3v) is 4.52. The normalized spacial score (nSPS) is 17.6. The van der Waals surface area contributed by atoms with Gasteiger partial charge in [-0.2, -0.15) is 0 Å². The van der Waals surface area contributed by atoms with E-state index in [0.29, 0.717) is 35.7 Å². The van der Waals surface area contributed by atoms with Crippen LogP contribution in [0.4, 0.5) is 0 Å². The van der Waals surface area contributed by atoms with Crippen molar-refractivity contribution in [3.63, 3.8) is 0 Å². The average molecular weight is 313 g/mol. The Hall–Kier alpha value is -2.43. The first-order valence-corrected chi connectivity index (χ1v) is 7.86. The number of hydrogen-bond donors (Lipinski definition) is 0. The molecule has 120 valence electrons. The van der Waals surface area contributed by atoms with Crippen molar-refractivity contribution in [3.8, 4) is 0 Å². The SMILES string of the molecule is COC(=O)c1cn(C(=O)CCC2CCCC2=O)c2ccccc12. The molecular weight excluding hydrogens is 294 g/mol. The lowest BCUT2D eigenvalue weighted by molar-refractivity contribution is -0.120. The zero-order valence-corrected chi connectivity index (χ0v) is 13.1. The van der Waals surface area contributed by atoms with Gasteiger partial charge in [-0.05, 0) is 25.3 Å². The minimum Gasteiger partial charge on any atom is -0.465 e. The van der Waals surface area contributed by atoms with Crippen LogP contribution in [0.5, 0.6) is 0 Å².